The summed E-state index contributed by atoms with van der Waals surface area (Å²) in [5.41, 5.74) is 4.59. The molecule has 0 aromatic heterocycles. The van der Waals surface area contributed by atoms with E-state index in [0.29, 0.717) is 31.1 Å². The number of benzene rings is 2. The van der Waals surface area contributed by atoms with Gasteiger partial charge in [0.25, 0.3) is 0 Å². The summed E-state index contributed by atoms with van der Waals surface area (Å²) in [4.78, 5) is 5.11. The minimum Gasteiger partial charge on any atom is -0.372 e. The molecule has 28 heavy (non-hydrogen) atoms. The molecule has 0 bridgehead atoms. The Labute approximate surface area is 168 Å². The number of rotatable bonds is 4. The molecule has 2 aromatic rings. The Bertz CT molecular complexity index is 927. The smallest absolute Gasteiger partial charge is 0.243 e. The SMILES string of the molecule is Cc1ccc(S(=O)(=O)N2CCN(c3ccc(N4CCCC4)cc3)CC2)cc1C. The van der Waals surface area contributed by atoms with Crippen molar-refractivity contribution < 1.29 is 8.42 Å². The summed E-state index contributed by atoms with van der Waals surface area (Å²) in [5.74, 6) is 0. The van der Waals surface area contributed by atoms with Crippen LogP contribution in [0.25, 0.3) is 0 Å². The molecule has 2 fully saturated rings. The lowest BCUT2D eigenvalue weighted by Gasteiger charge is -2.35. The van der Waals surface area contributed by atoms with Crippen molar-refractivity contribution in [2.24, 2.45) is 0 Å². The first-order chi connectivity index (χ1) is 13.4. The quantitative estimate of drug-likeness (QED) is 0.790. The normalized spacial score (nSPS) is 18.6. The number of anilines is 2. The number of sulfonamides is 1. The maximum Gasteiger partial charge on any atom is 0.243 e. The zero-order valence-electron chi connectivity index (χ0n) is 16.8. The summed E-state index contributed by atoms with van der Waals surface area (Å²) in [6.07, 6.45) is 2.55. The van der Waals surface area contributed by atoms with E-state index in [1.807, 2.05) is 19.9 Å². The van der Waals surface area contributed by atoms with E-state index >= 15 is 0 Å². The monoisotopic (exact) mass is 399 g/mol. The maximum absolute atomic E-state index is 13.0. The largest absolute Gasteiger partial charge is 0.372 e. The van der Waals surface area contributed by atoms with E-state index in [-0.39, 0.29) is 0 Å². The van der Waals surface area contributed by atoms with Gasteiger partial charge in [0.1, 0.15) is 0 Å². The van der Waals surface area contributed by atoms with Crippen LogP contribution in [0.1, 0.15) is 24.0 Å². The van der Waals surface area contributed by atoms with Crippen LogP contribution in [0.2, 0.25) is 0 Å². The predicted octanol–water partition coefficient (Wildman–Crippen LogP) is 3.41. The van der Waals surface area contributed by atoms with Crippen LogP contribution in [0.5, 0.6) is 0 Å². The fraction of sp³-hybridized carbons (Fsp3) is 0.455. The van der Waals surface area contributed by atoms with Crippen LogP contribution < -0.4 is 9.80 Å². The van der Waals surface area contributed by atoms with Crippen molar-refractivity contribution in [3.05, 3.63) is 53.6 Å². The van der Waals surface area contributed by atoms with Gasteiger partial charge in [-0.15, -0.1) is 0 Å². The topological polar surface area (TPSA) is 43.9 Å². The molecule has 0 N–H and O–H groups in total. The van der Waals surface area contributed by atoms with Gasteiger partial charge in [-0.1, -0.05) is 6.07 Å². The average Bonchev–Trinajstić information content (AvgIpc) is 3.25. The van der Waals surface area contributed by atoms with E-state index in [0.717, 1.165) is 24.2 Å². The standard InChI is InChI=1S/C22H29N3O2S/c1-18-5-10-22(17-19(18)2)28(26,27)25-15-13-24(14-16-25)21-8-6-20(7-9-21)23-11-3-4-12-23/h5-10,17H,3-4,11-16H2,1-2H3. The highest BCUT2D eigenvalue weighted by Crippen LogP contribution is 2.26. The maximum atomic E-state index is 13.0. The lowest BCUT2D eigenvalue weighted by atomic mass is 10.1. The zero-order valence-corrected chi connectivity index (χ0v) is 17.6. The molecule has 0 atom stereocenters. The first kappa shape index (κ1) is 19.3. The van der Waals surface area contributed by atoms with Crippen LogP contribution in [0, 0.1) is 13.8 Å². The molecule has 0 saturated carbocycles. The Morgan fingerprint density at radius 2 is 1.21 bits per heavy atom. The third kappa shape index (κ3) is 3.76. The number of nitrogens with zero attached hydrogens (tertiary/aromatic N) is 3. The number of piperazine rings is 1. The molecule has 6 heteroatoms. The molecule has 4 rings (SSSR count). The second-order valence-corrected chi connectivity index (χ2v) is 9.79. The van der Waals surface area contributed by atoms with Gasteiger partial charge < -0.3 is 9.80 Å². The Morgan fingerprint density at radius 1 is 0.679 bits per heavy atom. The highest BCUT2D eigenvalue weighted by atomic mass is 32.2. The van der Waals surface area contributed by atoms with Gasteiger partial charge in [-0.3, -0.25) is 0 Å². The molecule has 2 aliphatic rings. The second-order valence-electron chi connectivity index (χ2n) is 7.85. The molecule has 2 aromatic carbocycles. The Morgan fingerprint density at radius 3 is 1.75 bits per heavy atom. The fourth-order valence-corrected chi connectivity index (χ4v) is 5.57. The van der Waals surface area contributed by atoms with Gasteiger partial charge in [-0.2, -0.15) is 4.31 Å². The van der Waals surface area contributed by atoms with E-state index in [4.69, 9.17) is 0 Å². The zero-order chi connectivity index (χ0) is 19.7. The van der Waals surface area contributed by atoms with Crippen molar-refractivity contribution in [2.75, 3.05) is 49.1 Å². The van der Waals surface area contributed by atoms with Gasteiger partial charge in [0, 0.05) is 50.6 Å². The molecule has 2 aliphatic heterocycles. The van der Waals surface area contributed by atoms with E-state index in [2.05, 4.69) is 34.1 Å². The third-order valence-electron chi connectivity index (χ3n) is 6.04. The van der Waals surface area contributed by atoms with Crippen LogP contribution in [-0.4, -0.2) is 52.0 Å². The highest BCUT2D eigenvalue weighted by Gasteiger charge is 2.28. The van der Waals surface area contributed by atoms with E-state index < -0.39 is 10.0 Å². The van der Waals surface area contributed by atoms with Gasteiger partial charge >= 0.3 is 0 Å². The minimum absolute atomic E-state index is 0.402. The molecular formula is C22H29N3O2S. The average molecular weight is 400 g/mol. The predicted molar refractivity (Wildman–Crippen MR) is 115 cm³/mol. The number of hydrogen-bond acceptors (Lipinski definition) is 4. The van der Waals surface area contributed by atoms with Crippen LogP contribution in [0.15, 0.2) is 47.4 Å². The van der Waals surface area contributed by atoms with E-state index in [1.165, 1.54) is 24.2 Å². The van der Waals surface area contributed by atoms with Crippen molar-refractivity contribution in [3.8, 4) is 0 Å². The lowest BCUT2D eigenvalue weighted by Crippen LogP contribution is -2.48. The molecule has 0 amide bonds. The Balaban J connectivity index is 1.41. The summed E-state index contributed by atoms with van der Waals surface area (Å²) in [7, 11) is -3.42. The van der Waals surface area contributed by atoms with Gasteiger partial charge in [0.2, 0.25) is 10.0 Å². The molecule has 0 radical (unpaired) electrons. The summed E-state index contributed by atoms with van der Waals surface area (Å²) < 4.78 is 27.6. The molecule has 0 aliphatic carbocycles. The lowest BCUT2D eigenvalue weighted by molar-refractivity contribution is 0.385. The fourth-order valence-electron chi connectivity index (χ4n) is 4.06. The van der Waals surface area contributed by atoms with Crippen molar-refractivity contribution in [2.45, 2.75) is 31.6 Å². The van der Waals surface area contributed by atoms with Gasteiger partial charge in [-0.25, -0.2) is 8.42 Å². The minimum atomic E-state index is -3.42. The van der Waals surface area contributed by atoms with Gasteiger partial charge in [0.05, 0.1) is 4.90 Å². The third-order valence-corrected chi connectivity index (χ3v) is 7.94. The summed E-state index contributed by atoms with van der Waals surface area (Å²) >= 11 is 0. The molecule has 150 valence electrons. The van der Waals surface area contributed by atoms with Gasteiger partial charge in [-0.05, 0) is 74.2 Å². The van der Waals surface area contributed by atoms with Gasteiger partial charge in [0.15, 0.2) is 0 Å². The number of aryl methyl sites for hydroxylation is 2. The van der Waals surface area contributed by atoms with Crippen LogP contribution in [0.4, 0.5) is 11.4 Å². The first-order valence-electron chi connectivity index (χ1n) is 10.1. The van der Waals surface area contributed by atoms with Crippen LogP contribution in [0.3, 0.4) is 0 Å². The van der Waals surface area contributed by atoms with Crippen LogP contribution in [-0.2, 0) is 10.0 Å². The first-order valence-corrected chi connectivity index (χ1v) is 11.6. The second kappa shape index (κ2) is 7.76. The number of hydrogen-bond donors (Lipinski definition) is 0. The molecule has 0 spiro atoms. The van der Waals surface area contributed by atoms with Crippen LogP contribution >= 0.6 is 0 Å². The van der Waals surface area contributed by atoms with Crippen molar-refractivity contribution in [1.29, 1.82) is 0 Å². The molecular weight excluding hydrogens is 370 g/mol. The Hall–Kier alpha value is -2.05. The van der Waals surface area contributed by atoms with E-state index in [9.17, 15) is 8.42 Å². The van der Waals surface area contributed by atoms with Crippen molar-refractivity contribution in [1.82, 2.24) is 4.31 Å². The molecule has 2 heterocycles. The molecule has 5 nitrogen and oxygen atoms in total. The van der Waals surface area contributed by atoms with E-state index in [1.54, 1.807) is 16.4 Å². The highest BCUT2D eigenvalue weighted by molar-refractivity contribution is 7.89. The summed E-state index contributed by atoms with van der Waals surface area (Å²) in [5, 5.41) is 0. The van der Waals surface area contributed by atoms with Crippen molar-refractivity contribution >= 4 is 21.4 Å². The Kier molecular flexibility index (Phi) is 5.34. The summed E-state index contributed by atoms with van der Waals surface area (Å²) in [6, 6.07) is 14.1. The van der Waals surface area contributed by atoms with Crippen molar-refractivity contribution in [3.63, 3.8) is 0 Å². The molecule has 0 unspecified atom stereocenters. The summed E-state index contributed by atoms with van der Waals surface area (Å²) in [6.45, 7) is 8.72. The molecule has 2 saturated heterocycles.